The Balaban J connectivity index is 4.74. The summed E-state index contributed by atoms with van der Waals surface area (Å²) < 4.78 is 0. The van der Waals surface area contributed by atoms with Crippen LogP contribution in [0.3, 0.4) is 0 Å². The zero-order chi connectivity index (χ0) is 8.36. The second-order valence-corrected chi connectivity index (χ2v) is 8.36. The van der Waals surface area contributed by atoms with E-state index >= 15 is 0 Å². The number of carbonyl (C=O) groups excluding carboxylic acids is 1. The molecule has 0 heterocycles. The molecule has 0 amide bonds. The fourth-order valence-corrected chi connectivity index (χ4v) is 2.50. The fourth-order valence-electron chi connectivity index (χ4n) is 0.918. The Bertz CT molecular complexity index is 192. The molecule has 10 heavy (non-hydrogen) atoms. The standard InChI is InChI=1S/C8H14OSi/c1-6-8(7(2)9)10(3,4)5/h1H2,2-5H3. The van der Waals surface area contributed by atoms with Crippen molar-refractivity contribution in [1.82, 2.24) is 0 Å². The Morgan fingerprint density at radius 3 is 1.80 bits per heavy atom. The van der Waals surface area contributed by atoms with Crippen LogP contribution in [0.5, 0.6) is 0 Å². The van der Waals surface area contributed by atoms with E-state index in [1.807, 2.05) is 0 Å². The van der Waals surface area contributed by atoms with Gasteiger partial charge in [-0.1, -0.05) is 26.2 Å². The molecule has 56 valence electrons. The lowest BCUT2D eigenvalue weighted by molar-refractivity contribution is -0.113. The molecule has 0 aromatic heterocycles. The van der Waals surface area contributed by atoms with Crippen LogP contribution in [-0.4, -0.2) is 13.9 Å². The molecule has 0 aliphatic rings. The lowest BCUT2D eigenvalue weighted by atomic mass is 10.4. The van der Waals surface area contributed by atoms with Gasteiger partial charge in [0.05, 0.1) is 8.07 Å². The van der Waals surface area contributed by atoms with Crippen LogP contribution in [0.1, 0.15) is 6.92 Å². The lowest BCUT2D eigenvalue weighted by Gasteiger charge is -2.15. The number of Topliss-reactive ketones (excluding diaryl/α,β-unsaturated/α-hetero) is 1. The molecule has 2 heteroatoms. The maximum absolute atomic E-state index is 10.9. The minimum Gasteiger partial charge on any atom is -0.295 e. The summed E-state index contributed by atoms with van der Waals surface area (Å²) in [7, 11) is -1.46. The van der Waals surface area contributed by atoms with Crippen LogP contribution in [0.2, 0.25) is 19.6 Å². The molecule has 0 saturated heterocycles. The molecular weight excluding hydrogens is 140 g/mol. The summed E-state index contributed by atoms with van der Waals surface area (Å²) >= 11 is 0. The molecule has 0 spiro atoms. The first-order chi connectivity index (χ1) is 4.39. The highest BCUT2D eigenvalue weighted by atomic mass is 28.3. The third-order valence-corrected chi connectivity index (χ3v) is 3.31. The highest BCUT2D eigenvalue weighted by Gasteiger charge is 2.22. The van der Waals surface area contributed by atoms with Gasteiger partial charge in [-0.15, -0.1) is 5.73 Å². The first kappa shape index (κ1) is 9.41. The van der Waals surface area contributed by atoms with E-state index in [0.717, 1.165) is 5.20 Å². The molecule has 0 bridgehead atoms. The predicted molar refractivity (Wildman–Crippen MR) is 46.7 cm³/mol. The molecule has 0 rings (SSSR count). The van der Waals surface area contributed by atoms with Gasteiger partial charge in [0.1, 0.15) is 0 Å². The van der Waals surface area contributed by atoms with E-state index in [0.29, 0.717) is 0 Å². The normalized spacial score (nSPS) is 10.4. The van der Waals surface area contributed by atoms with Crippen molar-refractivity contribution in [1.29, 1.82) is 0 Å². The van der Waals surface area contributed by atoms with Crippen molar-refractivity contribution in [2.24, 2.45) is 0 Å². The largest absolute Gasteiger partial charge is 0.295 e. The average Bonchev–Trinajstić information content (AvgIpc) is 1.60. The number of allylic oxidation sites excluding steroid dienone is 1. The quantitative estimate of drug-likeness (QED) is 0.338. The number of carbonyl (C=O) groups is 1. The van der Waals surface area contributed by atoms with Crippen molar-refractivity contribution >= 4 is 13.9 Å². The highest BCUT2D eigenvalue weighted by molar-refractivity contribution is 6.87. The van der Waals surface area contributed by atoms with Crippen LogP contribution in [0.25, 0.3) is 0 Å². The van der Waals surface area contributed by atoms with Crippen molar-refractivity contribution < 1.29 is 4.79 Å². The van der Waals surface area contributed by atoms with E-state index in [1.54, 1.807) is 6.92 Å². The molecule has 0 radical (unpaired) electrons. The summed E-state index contributed by atoms with van der Waals surface area (Å²) in [6, 6.07) is 0. The van der Waals surface area contributed by atoms with Gasteiger partial charge >= 0.3 is 0 Å². The highest BCUT2D eigenvalue weighted by Crippen LogP contribution is 2.13. The minimum atomic E-state index is -1.46. The predicted octanol–water partition coefficient (Wildman–Crippen LogP) is 2.16. The van der Waals surface area contributed by atoms with Gasteiger partial charge in [0.15, 0.2) is 5.78 Å². The second kappa shape index (κ2) is 3.00. The maximum Gasteiger partial charge on any atom is 0.159 e. The molecule has 0 N–H and O–H groups in total. The first-order valence-electron chi connectivity index (χ1n) is 3.31. The molecule has 0 unspecified atom stereocenters. The van der Waals surface area contributed by atoms with Crippen molar-refractivity contribution in [3.05, 3.63) is 17.5 Å². The van der Waals surface area contributed by atoms with E-state index < -0.39 is 8.07 Å². The van der Waals surface area contributed by atoms with Crippen LogP contribution >= 0.6 is 0 Å². The Morgan fingerprint density at radius 1 is 1.40 bits per heavy atom. The Hall–Kier alpha value is -0.593. The van der Waals surface area contributed by atoms with Crippen LogP contribution in [-0.2, 0) is 4.79 Å². The van der Waals surface area contributed by atoms with Gasteiger partial charge < -0.3 is 0 Å². The molecule has 0 atom stereocenters. The smallest absolute Gasteiger partial charge is 0.159 e. The number of rotatable bonds is 2. The average molecular weight is 154 g/mol. The first-order valence-corrected chi connectivity index (χ1v) is 6.81. The zero-order valence-corrected chi connectivity index (χ0v) is 8.12. The molecule has 0 fully saturated rings. The topological polar surface area (TPSA) is 17.1 Å². The summed E-state index contributed by atoms with van der Waals surface area (Å²) in [5.74, 6) is 0.120. The summed E-state index contributed by atoms with van der Waals surface area (Å²) in [6.45, 7) is 11.4. The van der Waals surface area contributed by atoms with Crippen LogP contribution in [0.15, 0.2) is 17.5 Å². The Kier molecular flexibility index (Phi) is 2.82. The van der Waals surface area contributed by atoms with E-state index in [-0.39, 0.29) is 5.78 Å². The molecule has 0 aliphatic heterocycles. The fraction of sp³-hybridized carbons (Fsp3) is 0.500. The Labute approximate surface area is 63.5 Å². The van der Waals surface area contributed by atoms with Crippen molar-refractivity contribution in [2.45, 2.75) is 26.6 Å². The maximum atomic E-state index is 10.9. The molecule has 0 aliphatic carbocycles. The van der Waals surface area contributed by atoms with E-state index in [9.17, 15) is 4.79 Å². The van der Waals surface area contributed by atoms with Crippen LogP contribution < -0.4 is 0 Å². The van der Waals surface area contributed by atoms with Crippen molar-refractivity contribution in [3.8, 4) is 0 Å². The second-order valence-electron chi connectivity index (χ2n) is 3.36. The van der Waals surface area contributed by atoms with Gasteiger partial charge in [-0.3, -0.25) is 4.79 Å². The lowest BCUT2D eigenvalue weighted by Crippen LogP contribution is -2.27. The molecule has 0 aromatic carbocycles. The number of ketones is 1. The van der Waals surface area contributed by atoms with Gasteiger partial charge in [-0.2, -0.15) is 0 Å². The minimum absolute atomic E-state index is 0.120. The third-order valence-electron chi connectivity index (χ3n) is 1.28. The van der Waals surface area contributed by atoms with Gasteiger partial charge in [-0.25, -0.2) is 0 Å². The van der Waals surface area contributed by atoms with Gasteiger partial charge in [0, 0.05) is 5.20 Å². The summed E-state index contributed by atoms with van der Waals surface area (Å²) in [5, 5.41) is 0.813. The summed E-state index contributed by atoms with van der Waals surface area (Å²) in [5.41, 5.74) is 2.72. The zero-order valence-electron chi connectivity index (χ0n) is 7.12. The van der Waals surface area contributed by atoms with Gasteiger partial charge in [0.2, 0.25) is 0 Å². The van der Waals surface area contributed by atoms with Crippen LogP contribution in [0, 0.1) is 0 Å². The molecular formula is C8H14OSi. The monoisotopic (exact) mass is 154 g/mol. The van der Waals surface area contributed by atoms with Gasteiger partial charge in [-0.05, 0) is 6.92 Å². The Morgan fingerprint density at radius 2 is 1.80 bits per heavy atom. The third kappa shape index (κ3) is 2.34. The van der Waals surface area contributed by atoms with E-state index in [2.05, 4.69) is 32.0 Å². The van der Waals surface area contributed by atoms with E-state index in [4.69, 9.17) is 0 Å². The number of hydrogen-bond acceptors (Lipinski definition) is 1. The summed E-state index contributed by atoms with van der Waals surface area (Å²) in [4.78, 5) is 10.9. The van der Waals surface area contributed by atoms with E-state index in [1.165, 1.54) is 0 Å². The summed E-state index contributed by atoms with van der Waals surface area (Å²) in [6.07, 6.45) is 0. The molecule has 0 aromatic rings. The van der Waals surface area contributed by atoms with Crippen LogP contribution in [0.4, 0.5) is 0 Å². The molecule has 1 nitrogen and oxygen atoms in total. The molecule has 0 saturated carbocycles. The SMILES string of the molecule is C=C=C(C(C)=O)[Si](C)(C)C. The van der Waals surface area contributed by atoms with Crippen molar-refractivity contribution in [2.75, 3.05) is 0 Å². The van der Waals surface area contributed by atoms with Crippen molar-refractivity contribution in [3.63, 3.8) is 0 Å². The van der Waals surface area contributed by atoms with Gasteiger partial charge in [0.25, 0.3) is 0 Å². The number of hydrogen-bond donors (Lipinski definition) is 0.